The Morgan fingerprint density at radius 1 is 0.950 bits per heavy atom. The third-order valence-electron chi connectivity index (χ3n) is 5.46. The smallest absolute Gasteiger partial charge is 0.343 e. The molecular formula is C27H24ClFN4O7. The molecule has 3 aromatic carbocycles. The molecule has 1 amide bonds. The fraction of sp³-hybridized carbons (Fsp3) is 0.148. The molecule has 6 N–H and O–H groups in total. The number of nitrogens with two attached hydrogens (primary N) is 2. The third kappa shape index (κ3) is 8.53. The lowest BCUT2D eigenvalue weighted by molar-refractivity contribution is -0.144. The monoisotopic (exact) mass is 570 g/mol. The van der Waals surface area contributed by atoms with Gasteiger partial charge in [0.05, 0.1) is 16.8 Å². The molecule has 0 fully saturated rings. The van der Waals surface area contributed by atoms with E-state index in [4.69, 9.17) is 32.9 Å². The van der Waals surface area contributed by atoms with Crippen molar-refractivity contribution in [1.29, 1.82) is 0 Å². The minimum absolute atomic E-state index is 0.123. The summed E-state index contributed by atoms with van der Waals surface area (Å²) in [6, 6.07) is 13.5. The van der Waals surface area contributed by atoms with Crippen LogP contribution in [0.4, 0.5) is 10.1 Å². The molecule has 0 aliphatic heterocycles. The van der Waals surface area contributed by atoms with Crippen molar-refractivity contribution in [3.63, 3.8) is 0 Å². The first kappa shape index (κ1) is 29.6. The number of aromatic carboxylic acids is 1. The number of ether oxygens (including phenoxy) is 1. The maximum absolute atomic E-state index is 13.8. The maximum atomic E-state index is 13.8. The van der Waals surface area contributed by atoms with E-state index in [2.05, 4.69) is 4.99 Å². The first-order valence-electron chi connectivity index (χ1n) is 11.6. The van der Waals surface area contributed by atoms with Gasteiger partial charge >= 0.3 is 17.9 Å². The lowest BCUT2D eigenvalue weighted by Gasteiger charge is -2.21. The molecule has 0 bridgehead atoms. The lowest BCUT2D eigenvalue weighted by Crippen LogP contribution is -2.35. The van der Waals surface area contributed by atoms with Gasteiger partial charge in [-0.05, 0) is 72.1 Å². The predicted molar refractivity (Wildman–Crippen MR) is 143 cm³/mol. The first-order valence-corrected chi connectivity index (χ1v) is 12.0. The number of hydrogen-bond donors (Lipinski definition) is 4. The largest absolute Gasteiger partial charge is 0.480 e. The van der Waals surface area contributed by atoms with E-state index in [9.17, 15) is 28.7 Å². The summed E-state index contributed by atoms with van der Waals surface area (Å²) >= 11 is 6.32. The Hall–Kier alpha value is -4.97. The highest BCUT2D eigenvalue weighted by molar-refractivity contribution is 6.31. The molecule has 0 aromatic heterocycles. The molecule has 0 unspecified atom stereocenters. The van der Waals surface area contributed by atoms with Crippen LogP contribution < -0.4 is 16.2 Å². The van der Waals surface area contributed by atoms with E-state index >= 15 is 0 Å². The second-order valence-electron chi connectivity index (χ2n) is 8.52. The van der Waals surface area contributed by atoms with Crippen molar-refractivity contribution in [1.82, 2.24) is 4.90 Å². The topological polar surface area (TPSA) is 186 Å². The number of aliphatic imine (C=N–C) groups is 1. The quantitative estimate of drug-likeness (QED) is 0.116. The average molecular weight is 571 g/mol. The molecule has 11 nitrogen and oxygen atoms in total. The summed E-state index contributed by atoms with van der Waals surface area (Å²) in [5, 5.41) is 18.6. The van der Waals surface area contributed by atoms with E-state index in [0.717, 1.165) is 17.0 Å². The van der Waals surface area contributed by atoms with E-state index < -0.39 is 36.2 Å². The highest BCUT2D eigenvalue weighted by Gasteiger charge is 2.19. The number of carboxylic acids is 2. The molecule has 0 aliphatic rings. The number of carbonyl (C=O) groups is 4. The van der Waals surface area contributed by atoms with Gasteiger partial charge in [-0.1, -0.05) is 17.7 Å². The number of rotatable bonds is 11. The van der Waals surface area contributed by atoms with Gasteiger partial charge in [0.1, 0.15) is 18.1 Å². The van der Waals surface area contributed by atoms with E-state index in [1.807, 2.05) is 0 Å². The number of aryl methyl sites for hydroxylation is 1. The van der Waals surface area contributed by atoms with E-state index in [-0.39, 0.29) is 52.8 Å². The Morgan fingerprint density at radius 2 is 1.65 bits per heavy atom. The molecule has 0 saturated heterocycles. The van der Waals surface area contributed by atoms with Crippen molar-refractivity contribution in [2.45, 2.75) is 19.4 Å². The lowest BCUT2D eigenvalue weighted by atomic mass is 10.1. The average Bonchev–Trinajstić information content (AvgIpc) is 2.87. The molecule has 13 heteroatoms. The van der Waals surface area contributed by atoms with Gasteiger partial charge in [-0.3, -0.25) is 9.59 Å². The Balaban J connectivity index is 1.65. The van der Waals surface area contributed by atoms with Gasteiger partial charge in [-0.25, -0.2) is 19.0 Å². The van der Waals surface area contributed by atoms with E-state index in [0.29, 0.717) is 11.3 Å². The van der Waals surface area contributed by atoms with Gasteiger partial charge in [-0.2, -0.15) is 0 Å². The predicted octanol–water partition coefficient (Wildman–Crippen LogP) is 3.35. The number of nitrogens with zero attached hydrogens (tertiary/aromatic N) is 2. The van der Waals surface area contributed by atoms with E-state index in [1.54, 1.807) is 6.07 Å². The molecule has 0 aliphatic carbocycles. The second-order valence-corrected chi connectivity index (χ2v) is 8.93. The van der Waals surface area contributed by atoms with Crippen molar-refractivity contribution in [2.75, 3.05) is 6.54 Å². The van der Waals surface area contributed by atoms with Crippen LogP contribution >= 0.6 is 11.6 Å². The van der Waals surface area contributed by atoms with Crippen molar-refractivity contribution in [3.8, 4) is 5.75 Å². The molecule has 0 spiro atoms. The summed E-state index contributed by atoms with van der Waals surface area (Å²) in [5.74, 6) is -4.66. The summed E-state index contributed by atoms with van der Waals surface area (Å²) in [7, 11) is 0. The van der Waals surface area contributed by atoms with Crippen molar-refractivity contribution in [3.05, 3.63) is 93.8 Å². The van der Waals surface area contributed by atoms with Crippen LogP contribution in [0.1, 0.15) is 38.3 Å². The highest BCUT2D eigenvalue weighted by Crippen LogP contribution is 2.25. The third-order valence-corrected chi connectivity index (χ3v) is 5.81. The molecule has 0 atom stereocenters. The molecular weight excluding hydrogens is 547 g/mol. The number of benzene rings is 3. The van der Waals surface area contributed by atoms with Gasteiger partial charge in [0, 0.05) is 18.0 Å². The van der Waals surface area contributed by atoms with E-state index in [1.165, 1.54) is 42.5 Å². The Bertz CT molecular complexity index is 1470. The molecule has 208 valence electrons. The minimum Gasteiger partial charge on any atom is -0.480 e. The molecule has 0 saturated carbocycles. The van der Waals surface area contributed by atoms with Crippen LogP contribution in [0.25, 0.3) is 0 Å². The van der Waals surface area contributed by atoms with Gasteiger partial charge in [-0.15, -0.1) is 0 Å². The number of esters is 1. The Kier molecular flexibility index (Phi) is 9.76. The first-order chi connectivity index (χ1) is 18.9. The number of amides is 1. The summed E-state index contributed by atoms with van der Waals surface area (Å²) in [5.41, 5.74) is 11.7. The van der Waals surface area contributed by atoms with Crippen LogP contribution in [0.15, 0.2) is 65.7 Å². The van der Waals surface area contributed by atoms with Crippen LogP contribution in [-0.4, -0.2) is 51.4 Å². The number of guanidine groups is 1. The molecule has 3 rings (SSSR count). The van der Waals surface area contributed by atoms with Crippen molar-refractivity contribution in [2.24, 2.45) is 16.5 Å². The van der Waals surface area contributed by atoms with Crippen LogP contribution in [0.5, 0.6) is 5.75 Å². The number of hydrogen-bond acceptors (Lipinski definition) is 6. The normalized spacial score (nSPS) is 10.4. The van der Waals surface area contributed by atoms with Crippen LogP contribution in [0.3, 0.4) is 0 Å². The maximum Gasteiger partial charge on any atom is 0.343 e. The van der Waals surface area contributed by atoms with Gasteiger partial charge in [0.2, 0.25) is 5.91 Å². The van der Waals surface area contributed by atoms with Crippen molar-refractivity contribution >= 4 is 47.1 Å². The number of carboxylic acid groups (broad SMARTS) is 2. The minimum atomic E-state index is -1.36. The standard InChI is InChI=1S/C27H24ClFN4O7/c28-22-12-21(40-26(39)17-1-5-20(6-2-17)32-27(30)31)7-3-16(22)4-8-23(34)33(14-24(35)36)13-15-9-18(25(37)38)11-19(29)10-15/h1-3,5-7,9-12H,4,8,13-14H2,(H,35,36)(H,37,38)(H4,30,31,32). The van der Waals surface area contributed by atoms with Gasteiger partial charge in [0.15, 0.2) is 5.96 Å². The zero-order valence-corrected chi connectivity index (χ0v) is 21.6. The SMILES string of the molecule is NC(N)=Nc1ccc(C(=O)Oc2ccc(CCC(=O)N(CC(=O)O)Cc3cc(F)cc(C(=O)O)c3)c(Cl)c2)cc1. The fourth-order valence-electron chi connectivity index (χ4n) is 3.66. The van der Waals surface area contributed by atoms with Gasteiger partial charge < -0.3 is 31.3 Å². The van der Waals surface area contributed by atoms with Crippen molar-refractivity contribution < 1.29 is 38.5 Å². The highest BCUT2D eigenvalue weighted by atomic mass is 35.5. The summed E-state index contributed by atoms with van der Waals surface area (Å²) < 4.78 is 19.2. The molecule has 0 heterocycles. The summed E-state index contributed by atoms with van der Waals surface area (Å²) in [4.78, 5) is 52.7. The Labute approximate surface area is 232 Å². The summed E-state index contributed by atoms with van der Waals surface area (Å²) in [6.45, 7) is -0.980. The molecule has 40 heavy (non-hydrogen) atoms. The van der Waals surface area contributed by atoms with Crippen LogP contribution in [0, 0.1) is 5.82 Å². The molecule has 3 aromatic rings. The van der Waals surface area contributed by atoms with Gasteiger partial charge in [0.25, 0.3) is 0 Å². The number of carbonyl (C=O) groups excluding carboxylic acids is 2. The van der Waals surface area contributed by atoms with Crippen LogP contribution in [0.2, 0.25) is 5.02 Å². The zero-order chi connectivity index (χ0) is 29.4. The van der Waals surface area contributed by atoms with Crippen LogP contribution in [-0.2, 0) is 22.6 Å². The summed E-state index contributed by atoms with van der Waals surface area (Å²) in [6.07, 6.45) is -0.0207. The Morgan fingerprint density at radius 3 is 2.25 bits per heavy atom. The zero-order valence-electron chi connectivity index (χ0n) is 20.8. The second kappa shape index (κ2) is 13.2. The number of halogens is 2. The number of aliphatic carboxylic acids is 1. The fourth-order valence-corrected chi connectivity index (χ4v) is 3.93. The molecule has 0 radical (unpaired) electrons.